The fourth-order valence-electron chi connectivity index (χ4n) is 4.20. The van der Waals surface area contributed by atoms with Crippen molar-refractivity contribution in [3.05, 3.63) is 77.6 Å². The second kappa shape index (κ2) is 7.49. The summed E-state index contributed by atoms with van der Waals surface area (Å²) < 4.78 is 0. The minimum Gasteiger partial charge on any atom is -0.481 e. The molecule has 4 heteroatoms. The third kappa shape index (κ3) is 3.58. The molecule has 0 radical (unpaired) electrons. The van der Waals surface area contributed by atoms with Crippen molar-refractivity contribution in [2.75, 3.05) is 13.1 Å². The zero-order valence-electron chi connectivity index (χ0n) is 15.5. The van der Waals surface area contributed by atoms with Crippen LogP contribution in [0.4, 0.5) is 0 Å². The first-order chi connectivity index (χ1) is 13.1. The monoisotopic (exact) mass is 360 g/mol. The second-order valence-corrected chi connectivity index (χ2v) is 7.41. The average molecular weight is 360 g/mol. The van der Waals surface area contributed by atoms with Crippen molar-refractivity contribution in [1.82, 2.24) is 9.88 Å². The molecule has 4 rings (SSSR count). The van der Waals surface area contributed by atoms with E-state index in [0.29, 0.717) is 6.54 Å². The predicted molar refractivity (Wildman–Crippen MR) is 107 cm³/mol. The van der Waals surface area contributed by atoms with Gasteiger partial charge < -0.3 is 5.11 Å². The molecule has 0 spiro atoms. The van der Waals surface area contributed by atoms with E-state index < -0.39 is 5.97 Å². The lowest BCUT2D eigenvalue weighted by atomic mass is 9.89. The summed E-state index contributed by atoms with van der Waals surface area (Å²) in [5.41, 5.74) is 3.54. The van der Waals surface area contributed by atoms with Gasteiger partial charge in [0.25, 0.3) is 0 Å². The molecular formula is C23H24N2O2. The number of carboxylic acid groups (broad SMARTS) is 1. The first-order valence-corrected chi connectivity index (χ1v) is 9.49. The molecule has 2 aromatic carbocycles. The maximum absolute atomic E-state index is 11.6. The lowest BCUT2D eigenvalue weighted by molar-refractivity contribution is -0.143. The van der Waals surface area contributed by atoms with E-state index in [1.54, 1.807) is 0 Å². The van der Waals surface area contributed by atoms with Crippen LogP contribution in [0.25, 0.3) is 10.8 Å². The predicted octanol–water partition coefficient (Wildman–Crippen LogP) is 4.43. The zero-order valence-corrected chi connectivity index (χ0v) is 15.5. The van der Waals surface area contributed by atoms with Gasteiger partial charge in [0.05, 0.1) is 12.0 Å². The van der Waals surface area contributed by atoms with Gasteiger partial charge >= 0.3 is 5.97 Å². The van der Waals surface area contributed by atoms with Gasteiger partial charge in [-0.05, 0) is 65.9 Å². The Morgan fingerprint density at radius 1 is 1.19 bits per heavy atom. The Bertz CT molecular complexity index is 969. The van der Waals surface area contributed by atoms with Crippen molar-refractivity contribution in [1.29, 1.82) is 0 Å². The van der Waals surface area contributed by atoms with Gasteiger partial charge in [0, 0.05) is 18.9 Å². The summed E-state index contributed by atoms with van der Waals surface area (Å²) in [6, 6.07) is 17.0. The third-order valence-electron chi connectivity index (χ3n) is 5.61. The number of rotatable bonds is 4. The normalized spacial score (nSPS) is 19.1. The number of nitrogens with zero attached hydrogens (tertiary/aromatic N) is 2. The molecule has 138 valence electrons. The van der Waals surface area contributed by atoms with Crippen LogP contribution in [0.3, 0.4) is 0 Å². The smallest absolute Gasteiger partial charge is 0.307 e. The highest BCUT2D eigenvalue weighted by Gasteiger charge is 2.31. The Morgan fingerprint density at radius 2 is 2.00 bits per heavy atom. The van der Waals surface area contributed by atoms with Gasteiger partial charge in [-0.2, -0.15) is 0 Å². The molecule has 0 amide bonds. The van der Waals surface area contributed by atoms with E-state index in [4.69, 9.17) is 0 Å². The van der Waals surface area contributed by atoms with Crippen LogP contribution in [0.5, 0.6) is 0 Å². The minimum atomic E-state index is -0.691. The maximum atomic E-state index is 11.6. The molecule has 0 aliphatic carbocycles. The molecule has 1 aliphatic rings. The molecule has 27 heavy (non-hydrogen) atoms. The maximum Gasteiger partial charge on any atom is 0.307 e. The van der Waals surface area contributed by atoms with Crippen LogP contribution in [-0.4, -0.2) is 34.0 Å². The topological polar surface area (TPSA) is 53.4 Å². The van der Waals surface area contributed by atoms with Gasteiger partial charge in [0.15, 0.2) is 0 Å². The SMILES string of the molecule is Cc1cnccc1C(c1ccc2ccccc2c1)N1CCCC(C(=O)O)C1. The zero-order chi connectivity index (χ0) is 18.8. The fraction of sp³-hybridized carbons (Fsp3) is 0.304. The second-order valence-electron chi connectivity index (χ2n) is 7.41. The number of aliphatic carboxylic acids is 1. The lowest BCUT2D eigenvalue weighted by Gasteiger charge is -2.38. The lowest BCUT2D eigenvalue weighted by Crippen LogP contribution is -2.41. The average Bonchev–Trinajstić information content (AvgIpc) is 2.70. The number of carbonyl (C=O) groups is 1. The Labute approximate surface area is 159 Å². The van der Waals surface area contributed by atoms with E-state index >= 15 is 0 Å². The van der Waals surface area contributed by atoms with Gasteiger partial charge in [-0.1, -0.05) is 36.4 Å². The Hall–Kier alpha value is -2.72. The van der Waals surface area contributed by atoms with Crippen LogP contribution < -0.4 is 0 Å². The Balaban J connectivity index is 1.80. The first-order valence-electron chi connectivity index (χ1n) is 9.49. The van der Waals surface area contributed by atoms with Crippen LogP contribution in [0.1, 0.15) is 35.6 Å². The molecule has 2 heterocycles. The summed E-state index contributed by atoms with van der Waals surface area (Å²) in [7, 11) is 0. The van der Waals surface area contributed by atoms with Gasteiger partial charge in [-0.15, -0.1) is 0 Å². The number of pyridine rings is 1. The fourth-order valence-corrected chi connectivity index (χ4v) is 4.20. The van der Waals surface area contributed by atoms with Crippen LogP contribution >= 0.6 is 0 Å². The Kier molecular flexibility index (Phi) is 4.90. The van der Waals surface area contributed by atoms with E-state index in [1.807, 2.05) is 12.4 Å². The van der Waals surface area contributed by atoms with Crippen LogP contribution in [-0.2, 0) is 4.79 Å². The molecule has 2 unspecified atom stereocenters. The standard InChI is InChI=1S/C23H24N2O2/c1-16-14-24-11-10-21(16)22(25-12-4-7-20(15-25)23(26)27)19-9-8-17-5-2-3-6-18(17)13-19/h2-3,5-6,8-11,13-14,20,22H,4,7,12,15H2,1H3,(H,26,27). The van der Waals surface area contributed by atoms with Crippen LogP contribution in [0.2, 0.25) is 0 Å². The first kappa shape index (κ1) is 17.7. The summed E-state index contributed by atoms with van der Waals surface area (Å²) in [6.45, 7) is 3.56. The van der Waals surface area contributed by atoms with Crippen molar-refractivity contribution >= 4 is 16.7 Å². The van der Waals surface area contributed by atoms with E-state index in [2.05, 4.69) is 65.3 Å². The summed E-state index contributed by atoms with van der Waals surface area (Å²) in [5.74, 6) is -0.993. The molecule has 3 aromatic rings. The number of hydrogen-bond acceptors (Lipinski definition) is 3. The van der Waals surface area contributed by atoms with Crippen molar-refractivity contribution < 1.29 is 9.90 Å². The molecular weight excluding hydrogens is 336 g/mol. The quantitative estimate of drug-likeness (QED) is 0.748. The summed E-state index contributed by atoms with van der Waals surface area (Å²) >= 11 is 0. The summed E-state index contributed by atoms with van der Waals surface area (Å²) in [4.78, 5) is 18.2. The molecule has 4 nitrogen and oxygen atoms in total. The number of likely N-dealkylation sites (tertiary alicyclic amines) is 1. The number of hydrogen-bond donors (Lipinski definition) is 1. The largest absolute Gasteiger partial charge is 0.481 e. The number of carboxylic acids is 1. The van der Waals surface area contributed by atoms with Crippen LogP contribution in [0.15, 0.2) is 60.9 Å². The number of fused-ring (bicyclic) bond motifs is 1. The molecule has 1 aromatic heterocycles. The molecule has 1 fully saturated rings. The molecule has 2 atom stereocenters. The summed E-state index contributed by atoms with van der Waals surface area (Å²) in [6.07, 6.45) is 5.38. The highest BCUT2D eigenvalue weighted by molar-refractivity contribution is 5.83. The van der Waals surface area contributed by atoms with Gasteiger partial charge in [-0.25, -0.2) is 0 Å². The van der Waals surface area contributed by atoms with E-state index in [-0.39, 0.29) is 12.0 Å². The number of aromatic nitrogens is 1. The van der Waals surface area contributed by atoms with E-state index in [1.165, 1.54) is 21.9 Å². The Morgan fingerprint density at radius 3 is 2.78 bits per heavy atom. The third-order valence-corrected chi connectivity index (χ3v) is 5.61. The van der Waals surface area contributed by atoms with Gasteiger partial charge in [-0.3, -0.25) is 14.7 Å². The molecule has 1 saturated heterocycles. The van der Waals surface area contributed by atoms with E-state index in [0.717, 1.165) is 24.9 Å². The van der Waals surface area contributed by atoms with Crippen molar-refractivity contribution in [3.63, 3.8) is 0 Å². The number of aryl methyl sites for hydroxylation is 1. The molecule has 0 saturated carbocycles. The number of benzene rings is 2. The van der Waals surface area contributed by atoms with Crippen molar-refractivity contribution in [2.45, 2.75) is 25.8 Å². The molecule has 1 N–H and O–H groups in total. The number of piperidine rings is 1. The van der Waals surface area contributed by atoms with Crippen molar-refractivity contribution in [2.24, 2.45) is 5.92 Å². The molecule has 0 bridgehead atoms. The van der Waals surface area contributed by atoms with Crippen LogP contribution in [0, 0.1) is 12.8 Å². The van der Waals surface area contributed by atoms with Gasteiger partial charge in [0.1, 0.15) is 0 Å². The summed E-state index contributed by atoms with van der Waals surface area (Å²) in [5, 5.41) is 12.0. The van der Waals surface area contributed by atoms with E-state index in [9.17, 15) is 9.90 Å². The molecule has 1 aliphatic heterocycles. The minimum absolute atomic E-state index is 0.0414. The van der Waals surface area contributed by atoms with Crippen molar-refractivity contribution in [3.8, 4) is 0 Å². The van der Waals surface area contributed by atoms with Gasteiger partial charge in [0.2, 0.25) is 0 Å². The highest BCUT2D eigenvalue weighted by Crippen LogP contribution is 2.35. The highest BCUT2D eigenvalue weighted by atomic mass is 16.4.